The quantitative estimate of drug-likeness (QED) is 0.485. The summed E-state index contributed by atoms with van der Waals surface area (Å²) in [6, 6.07) is 13.6. The Bertz CT molecular complexity index is 726. The highest BCUT2D eigenvalue weighted by Gasteiger charge is 2.15. The predicted molar refractivity (Wildman–Crippen MR) is 82.8 cm³/mol. The molecule has 2 aromatic carbocycles. The first-order valence-electron chi connectivity index (χ1n) is 6.38. The number of fused-ring (bicyclic) bond motifs is 3. The normalized spacial score (nSPS) is 12.4. The fraction of sp³-hybridized carbons (Fsp3) is 0.294. The van der Waals surface area contributed by atoms with E-state index in [1.807, 2.05) is 11.3 Å². The summed E-state index contributed by atoms with van der Waals surface area (Å²) in [6.07, 6.45) is 0. The molecule has 0 saturated heterocycles. The van der Waals surface area contributed by atoms with Crippen LogP contribution < -0.4 is 0 Å². The molecular weight excluding hydrogens is 236 g/mol. The van der Waals surface area contributed by atoms with Gasteiger partial charge in [-0.1, -0.05) is 45.0 Å². The van der Waals surface area contributed by atoms with Crippen LogP contribution in [0.2, 0.25) is 0 Å². The number of hydrogen-bond donors (Lipinski definition) is 0. The number of benzene rings is 2. The molecule has 0 radical (unpaired) electrons. The summed E-state index contributed by atoms with van der Waals surface area (Å²) in [5.74, 6) is 0. The summed E-state index contributed by atoms with van der Waals surface area (Å²) in [7, 11) is 0. The minimum Gasteiger partial charge on any atom is -0.135 e. The van der Waals surface area contributed by atoms with E-state index in [0.717, 1.165) is 0 Å². The fourth-order valence-corrected chi connectivity index (χ4v) is 3.59. The Morgan fingerprint density at radius 2 is 1.44 bits per heavy atom. The van der Waals surface area contributed by atoms with Gasteiger partial charge in [0.2, 0.25) is 0 Å². The van der Waals surface area contributed by atoms with E-state index in [9.17, 15) is 0 Å². The lowest BCUT2D eigenvalue weighted by Crippen LogP contribution is -2.10. The molecule has 3 aromatic rings. The van der Waals surface area contributed by atoms with Gasteiger partial charge in [-0.2, -0.15) is 0 Å². The zero-order valence-electron chi connectivity index (χ0n) is 11.4. The van der Waals surface area contributed by atoms with Crippen LogP contribution in [0.1, 0.15) is 31.9 Å². The highest BCUT2D eigenvalue weighted by Crippen LogP contribution is 2.36. The predicted octanol–water partition coefficient (Wildman–Crippen LogP) is 5.66. The van der Waals surface area contributed by atoms with Gasteiger partial charge in [0.15, 0.2) is 0 Å². The van der Waals surface area contributed by atoms with Gasteiger partial charge in [0, 0.05) is 20.2 Å². The molecule has 0 fully saturated rings. The minimum atomic E-state index is 0.223. The Morgan fingerprint density at radius 3 is 2.11 bits per heavy atom. The van der Waals surface area contributed by atoms with Gasteiger partial charge in [0.05, 0.1) is 0 Å². The Kier molecular flexibility index (Phi) is 2.49. The van der Waals surface area contributed by atoms with Gasteiger partial charge in [-0.3, -0.25) is 0 Å². The van der Waals surface area contributed by atoms with E-state index in [1.54, 1.807) is 0 Å². The van der Waals surface area contributed by atoms with Gasteiger partial charge in [-0.05, 0) is 35.6 Å². The topological polar surface area (TPSA) is 0 Å². The molecule has 3 rings (SSSR count). The second-order valence-corrected chi connectivity index (χ2v) is 7.15. The molecule has 0 spiro atoms. The molecule has 0 aliphatic carbocycles. The SMILES string of the molecule is Cc1ccc2c(c1)sc1cc(C(C)(C)C)ccc12. The van der Waals surface area contributed by atoms with E-state index < -0.39 is 0 Å². The van der Waals surface area contributed by atoms with Crippen molar-refractivity contribution in [1.82, 2.24) is 0 Å². The molecule has 0 saturated carbocycles. The van der Waals surface area contributed by atoms with Crippen LogP contribution in [-0.4, -0.2) is 0 Å². The largest absolute Gasteiger partial charge is 0.135 e. The number of rotatable bonds is 0. The summed E-state index contributed by atoms with van der Waals surface area (Å²) in [5, 5.41) is 2.78. The maximum absolute atomic E-state index is 2.36. The molecule has 0 nitrogen and oxygen atoms in total. The van der Waals surface area contributed by atoms with Crippen molar-refractivity contribution in [2.45, 2.75) is 33.1 Å². The third kappa shape index (κ3) is 1.83. The van der Waals surface area contributed by atoms with Gasteiger partial charge >= 0.3 is 0 Å². The van der Waals surface area contributed by atoms with Crippen molar-refractivity contribution in [2.24, 2.45) is 0 Å². The van der Waals surface area contributed by atoms with Crippen LogP contribution in [-0.2, 0) is 5.41 Å². The average Bonchev–Trinajstić information content (AvgIpc) is 2.63. The Hall–Kier alpha value is -1.34. The van der Waals surface area contributed by atoms with Crippen LogP contribution in [0.4, 0.5) is 0 Å². The van der Waals surface area contributed by atoms with Crippen LogP contribution in [0.15, 0.2) is 36.4 Å². The summed E-state index contributed by atoms with van der Waals surface area (Å²) >= 11 is 1.91. The van der Waals surface area contributed by atoms with Gasteiger partial charge in [-0.15, -0.1) is 11.3 Å². The first-order chi connectivity index (χ1) is 8.45. The molecule has 0 bridgehead atoms. The third-order valence-corrected chi connectivity index (χ3v) is 4.61. The zero-order chi connectivity index (χ0) is 12.9. The smallest absolute Gasteiger partial charge is 0.0358 e. The second-order valence-electron chi connectivity index (χ2n) is 6.06. The fourth-order valence-electron chi connectivity index (χ4n) is 2.35. The molecule has 0 unspecified atom stereocenters. The summed E-state index contributed by atoms with van der Waals surface area (Å²) < 4.78 is 2.80. The van der Waals surface area contributed by atoms with Crippen molar-refractivity contribution in [2.75, 3.05) is 0 Å². The van der Waals surface area contributed by atoms with Crippen molar-refractivity contribution in [3.63, 3.8) is 0 Å². The lowest BCUT2D eigenvalue weighted by molar-refractivity contribution is 0.591. The molecule has 0 N–H and O–H groups in total. The van der Waals surface area contributed by atoms with Crippen LogP contribution in [0, 0.1) is 6.92 Å². The molecular formula is C17H18S. The van der Waals surface area contributed by atoms with Crippen LogP contribution in [0.5, 0.6) is 0 Å². The number of thiophene rings is 1. The van der Waals surface area contributed by atoms with Crippen molar-refractivity contribution < 1.29 is 0 Å². The van der Waals surface area contributed by atoms with Crippen molar-refractivity contribution in [1.29, 1.82) is 0 Å². The van der Waals surface area contributed by atoms with E-state index in [0.29, 0.717) is 0 Å². The van der Waals surface area contributed by atoms with Gasteiger partial charge in [0.25, 0.3) is 0 Å². The molecule has 0 atom stereocenters. The summed E-state index contributed by atoms with van der Waals surface area (Å²) in [5.41, 5.74) is 2.98. The first kappa shape index (κ1) is 11.7. The molecule has 1 heteroatoms. The van der Waals surface area contributed by atoms with Crippen LogP contribution in [0.25, 0.3) is 20.2 Å². The highest BCUT2D eigenvalue weighted by molar-refractivity contribution is 7.25. The lowest BCUT2D eigenvalue weighted by atomic mass is 9.87. The number of hydrogen-bond acceptors (Lipinski definition) is 1. The van der Waals surface area contributed by atoms with Gasteiger partial charge < -0.3 is 0 Å². The van der Waals surface area contributed by atoms with Crippen LogP contribution in [0.3, 0.4) is 0 Å². The monoisotopic (exact) mass is 254 g/mol. The highest BCUT2D eigenvalue weighted by atomic mass is 32.1. The molecule has 0 amide bonds. The van der Waals surface area contributed by atoms with Crippen molar-refractivity contribution in [3.8, 4) is 0 Å². The van der Waals surface area contributed by atoms with E-state index in [4.69, 9.17) is 0 Å². The van der Waals surface area contributed by atoms with E-state index in [-0.39, 0.29) is 5.41 Å². The molecule has 18 heavy (non-hydrogen) atoms. The molecule has 1 aromatic heterocycles. The maximum atomic E-state index is 2.36. The number of aryl methyl sites for hydroxylation is 1. The maximum Gasteiger partial charge on any atom is 0.0358 e. The minimum absolute atomic E-state index is 0.223. The lowest BCUT2D eigenvalue weighted by Gasteiger charge is -2.18. The Balaban J connectivity index is 2.33. The summed E-state index contributed by atoms with van der Waals surface area (Å²) in [4.78, 5) is 0. The zero-order valence-corrected chi connectivity index (χ0v) is 12.2. The molecule has 0 aliphatic heterocycles. The van der Waals surface area contributed by atoms with Crippen LogP contribution >= 0.6 is 11.3 Å². The van der Waals surface area contributed by atoms with Gasteiger partial charge in [0.1, 0.15) is 0 Å². The van der Waals surface area contributed by atoms with E-state index in [1.165, 1.54) is 31.3 Å². The van der Waals surface area contributed by atoms with E-state index in [2.05, 4.69) is 64.1 Å². The third-order valence-electron chi connectivity index (χ3n) is 3.49. The first-order valence-corrected chi connectivity index (χ1v) is 7.20. The molecule has 1 heterocycles. The van der Waals surface area contributed by atoms with Crippen molar-refractivity contribution in [3.05, 3.63) is 47.5 Å². The Labute approximate surface area is 112 Å². The second kappa shape index (κ2) is 3.83. The average molecular weight is 254 g/mol. The Morgan fingerprint density at radius 1 is 0.833 bits per heavy atom. The molecule has 92 valence electrons. The van der Waals surface area contributed by atoms with Gasteiger partial charge in [-0.25, -0.2) is 0 Å². The standard InChI is InChI=1S/C17H18S/c1-11-5-7-13-14-8-6-12(17(2,3)4)10-16(14)18-15(13)9-11/h5-10H,1-4H3. The van der Waals surface area contributed by atoms with E-state index >= 15 is 0 Å². The summed E-state index contributed by atoms with van der Waals surface area (Å²) in [6.45, 7) is 8.97. The van der Waals surface area contributed by atoms with Crippen molar-refractivity contribution >= 4 is 31.5 Å². The molecule has 0 aliphatic rings.